The fourth-order valence-electron chi connectivity index (χ4n) is 2.54. The molecular weight excluding hydrogens is 333 g/mol. The van der Waals surface area contributed by atoms with E-state index in [1.165, 1.54) is 0 Å². The fraction of sp³-hybridized carbons (Fsp3) is 0.643. The average Bonchev–Trinajstić information content (AvgIpc) is 2.97. The van der Waals surface area contributed by atoms with Gasteiger partial charge in [0.2, 0.25) is 0 Å². The summed E-state index contributed by atoms with van der Waals surface area (Å²) in [5, 5.41) is 0. The topological polar surface area (TPSA) is 26.3 Å². The zero-order chi connectivity index (χ0) is 17.5. The van der Waals surface area contributed by atoms with E-state index in [4.69, 9.17) is 0 Å². The summed E-state index contributed by atoms with van der Waals surface area (Å²) >= 11 is 0. The number of rotatable bonds is 6. The maximum atomic E-state index is 13.2. The van der Waals surface area contributed by atoms with Crippen LogP contribution in [-0.4, -0.2) is 30.6 Å². The predicted octanol–water partition coefficient (Wildman–Crippen LogP) is 4.28. The van der Waals surface area contributed by atoms with E-state index in [9.17, 15) is 35.5 Å². The van der Waals surface area contributed by atoms with Crippen LogP contribution in [0, 0.1) is 11.8 Å². The van der Waals surface area contributed by atoms with Gasteiger partial charge in [0.05, 0.1) is 13.0 Å². The molecule has 0 saturated carbocycles. The second-order valence-corrected chi connectivity index (χ2v) is 5.63. The summed E-state index contributed by atoms with van der Waals surface area (Å²) in [6.07, 6.45) is -4.14. The molecule has 2 rings (SSSR count). The Hall–Kier alpha value is -1.54. The van der Waals surface area contributed by atoms with Gasteiger partial charge >= 0.3 is 18.1 Å². The van der Waals surface area contributed by atoms with Crippen molar-refractivity contribution in [2.75, 3.05) is 6.61 Å². The van der Waals surface area contributed by atoms with Crippen molar-refractivity contribution >= 4 is 5.97 Å². The van der Waals surface area contributed by atoms with Crippen LogP contribution in [-0.2, 0) is 9.53 Å². The number of carbonyl (C=O) groups is 1. The highest BCUT2D eigenvalue weighted by atomic mass is 19.4. The Labute approximate surface area is 127 Å². The summed E-state index contributed by atoms with van der Waals surface area (Å²) in [7, 11) is 0. The van der Waals surface area contributed by atoms with E-state index < -0.39 is 43.4 Å². The lowest BCUT2D eigenvalue weighted by Crippen LogP contribution is -2.42. The second kappa shape index (κ2) is 5.83. The monoisotopic (exact) mass is 346 g/mol. The van der Waals surface area contributed by atoms with Crippen molar-refractivity contribution < 1.29 is 40.3 Å². The van der Waals surface area contributed by atoms with E-state index in [0.717, 1.165) is 0 Å². The molecule has 0 aromatic carbocycles. The molecule has 0 spiro atoms. The van der Waals surface area contributed by atoms with Gasteiger partial charge in [-0.1, -0.05) is 18.2 Å². The zero-order valence-electron chi connectivity index (χ0n) is 11.7. The standard InChI is InChI=1S/C14H13F7O2/c15-12(16,7-13(17,18)14(19,20)21)3-4-23-11(22)10-6-8-1-2-9(10)5-8/h1-2,6,8-9H,3-5,7H2. The number of ether oxygens (including phenoxy) is 1. The molecule has 2 nitrogen and oxygen atoms in total. The van der Waals surface area contributed by atoms with Crippen molar-refractivity contribution in [1.29, 1.82) is 0 Å². The molecule has 23 heavy (non-hydrogen) atoms. The van der Waals surface area contributed by atoms with Crippen LogP contribution in [0.5, 0.6) is 0 Å². The van der Waals surface area contributed by atoms with Crippen LogP contribution in [0.3, 0.4) is 0 Å². The molecule has 0 fully saturated rings. The third-order valence-corrected chi connectivity index (χ3v) is 3.74. The van der Waals surface area contributed by atoms with Crippen LogP contribution < -0.4 is 0 Å². The maximum Gasteiger partial charge on any atom is 0.453 e. The minimum absolute atomic E-state index is 0.0921. The normalized spacial score (nSPS) is 24.0. The van der Waals surface area contributed by atoms with Gasteiger partial charge < -0.3 is 4.74 Å². The summed E-state index contributed by atoms with van der Waals surface area (Å²) in [5.41, 5.74) is 0.307. The van der Waals surface area contributed by atoms with Crippen LogP contribution >= 0.6 is 0 Å². The van der Waals surface area contributed by atoms with Crippen LogP contribution in [0.15, 0.2) is 23.8 Å². The molecule has 0 aliphatic heterocycles. The lowest BCUT2D eigenvalue weighted by Gasteiger charge is -2.24. The molecule has 0 radical (unpaired) electrons. The Morgan fingerprint density at radius 1 is 1.13 bits per heavy atom. The molecule has 2 atom stereocenters. The molecule has 0 aromatic rings. The SMILES string of the molecule is O=C(OCCC(F)(F)CC(F)(F)C(F)(F)F)C1=CC2C=CC1C2. The molecule has 2 bridgehead atoms. The first-order valence-electron chi connectivity index (χ1n) is 6.81. The number of allylic oxidation sites excluding steroid dienone is 3. The van der Waals surface area contributed by atoms with E-state index in [0.29, 0.717) is 12.0 Å². The molecule has 2 unspecified atom stereocenters. The first-order valence-corrected chi connectivity index (χ1v) is 6.81. The van der Waals surface area contributed by atoms with Gasteiger partial charge in [-0.25, -0.2) is 13.6 Å². The summed E-state index contributed by atoms with van der Waals surface area (Å²) in [6.45, 7) is -0.932. The predicted molar refractivity (Wildman–Crippen MR) is 65.0 cm³/mol. The molecule has 130 valence electrons. The highest BCUT2D eigenvalue weighted by molar-refractivity contribution is 5.90. The van der Waals surface area contributed by atoms with Crippen LogP contribution in [0.4, 0.5) is 30.7 Å². The lowest BCUT2D eigenvalue weighted by molar-refractivity contribution is -0.301. The van der Waals surface area contributed by atoms with Gasteiger partial charge in [-0.15, -0.1) is 0 Å². The van der Waals surface area contributed by atoms with Crippen molar-refractivity contribution in [3.05, 3.63) is 23.8 Å². The molecular formula is C14H13F7O2. The molecule has 0 saturated heterocycles. The average molecular weight is 346 g/mol. The van der Waals surface area contributed by atoms with Crippen molar-refractivity contribution in [3.8, 4) is 0 Å². The van der Waals surface area contributed by atoms with E-state index in [1.54, 1.807) is 12.2 Å². The van der Waals surface area contributed by atoms with Crippen molar-refractivity contribution in [2.45, 2.75) is 37.3 Å². The zero-order valence-corrected chi connectivity index (χ0v) is 11.7. The van der Waals surface area contributed by atoms with Crippen LogP contribution in [0.25, 0.3) is 0 Å². The third-order valence-electron chi connectivity index (χ3n) is 3.74. The molecule has 0 amide bonds. The molecule has 0 aromatic heterocycles. The number of alkyl halides is 7. The minimum Gasteiger partial charge on any atom is -0.462 e. The third kappa shape index (κ3) is 4.06. The largest absolute Gasteiger partial charge is 0.462 e. The first-order chi connectivity index (χ1) is 10.4. The molecule has 0 N–H and O–H groups in total. The van der Waals surface area contributed by atoms with E-state index in [2.05, 4.69) is 4.74 Å². The highest BCUT2D eigenvalue weighted by Gasteiger charge is 2.61. The summed E-state index contributed by atoms with van der Waals surface area (Å²) < 4.78 is 92.1. The first kappa shape index (κ1) is 17.8. The van der Waals surface area contributed by atoms with Crippen LogP contribution in [0.2, 0.25) is 0 Å². The number of hydrogen-bond donors (Lipinski definition) is 0. The minimum atomic E-state index is -6.05. The Morgan fingerprint density at radius 2 is 1.78 bits per heavy atom. The summed E-state index contributed by atoms with van der Waals surface area (Å²) in [6, 6.07) is 0. The molecule has 2 aliphatic rings. The number of esters is 1. The van der Waals surface area contributed by atoms with Gasteiger partial charge in [0, 0.05) is 17.9 Å². The van der Waals surface area contributed by atoms with Gasteiger partial charge in [0.15, 0.2) is 0 Å². The smallest absolute Gasteiger partial charge is 0.453 e. The highest BCUT2D eigenvalue weighted by Crippen LogP contribution is 2.43. The van der Waals surface area contributed by atoms with Crippen molar-refractivity contribution in [2.24, 2.45) is 11.8 Å². The Kier molecular flexibility index (Phi) is 4.51. The second-order valence-electron chi connectivity index (χ2n) is 5.63. The van der Waals surface area contributed by atoms with Gasteiger partial charge in [-0.05, 0) is 12.3 Å². The number of halogens is 7. The maximum absolute atomic E-state index is 13.2. The Bertz CT molecular complexity index is 534. The van der Waals surface area contributed by atoms with E-state index in [-0.39, 0.29) is 11.8 Å². The van der Waals surface area contributed by atoms with E-state index >= 15 is 0 Å². The quantitative estimate of drug-likeness (QED) is 0.408. The lowest BCUT2D eigenvalue weighted by atomic mass is 10.0. The van der Waals surface area contributed by atoms with Gasteiger partial charge in [0.1, 0.15) is 0 Å². The van der Waals surface area contributed by atoms with E-state index in [1.807, 2.05) is 6.08 Å². The molecule has 2 aliphatic carbocycles. The Balaban J connectivity index is 1.81. The number of hydrogen-bond acceptors (Lipinski definition) is 2. The molecule has 9 heteroatoms. The fourth-order valence-corrected chi connectivity index (χ4v) is 2.54. The van der Waals surface area contributed by atoms with Gasteiger partial charge in [0.25, 0.3) is 5.92 Å². The molecule has 0 heterocycles. The van der Waals surface area contributed by atoms with Gasteiger partial charge in [-0.2, -0.15) is 22.0 Å². The number of carbonyl (C=O) groups excluding carboxylic acids is 1. The Morgan fingerprint density at radius 3 is 2.26 bits per heavy atom. The number of fused-ring (bicyclic) bond motifs is 2. The van der Waals surface area contributed by atoms with Crippen molar-refractivity contribution in [3.63, 3.8) is 0 Å². The van der Waals surface area contributed by atoms with Gasteiger partial charge in [-0.3, -0.25) is 0 Å². The van der Waals surface area contributed by atoms with Crippen molar-refractivity contribution in [1.82, 2.24) is 0 Å². The summed E-state index contributed by atoms with van der Waals surface area (Å²) in [4.78, 5) is 11.7. The summed E-state index contributed by atoms with van der Waals surface area (Å²) in [5.74, 6) is -10.7. The van der Waals surface area contributed by atoms with Crippen LogP contribution in [0.1, 0.15) is 19.3 Å².